The third-order valence-electron chi connectivity index (χ3n) is 4.83. The van der Waals surface area contributed by atoms with Crippen molar-refractivity contribution in [1.29, 1.82) is 5.26 Å². The van der Waals surface area contributed by atoms with E-state index in [4.69, 9.17) is 0 Å². The molecule has 23 heavy (non-hydrogen) atoms. The number of quaternary nitrogens is 1. The van der Waals surface area contributed by atoms with Crippen molar-refractivity contribution in [2.75, 3.05) is 6.54 Å². The van der Waals surface area contributed by atoms with Crippen molar-refractivity contribution in [2.24, 2.45) is 0 Å². The molecule has 1 aliphatic rings. The van der Waals surface area contributed by atoms with Crippen LogP contribution in [0.1, 0.15) is 46.6 Å². The number of nitriles is 1. The molecule has 0 saturated carbocycles. The fourth-order valence-corrected chi connectivity index (χ4v) is 4.38. The highest BCUT2D eigenvalue weighted by atomic mass is 32.1. The predicted octanol–water partition coefficient (Wildman–Crippen LogP) is 1.34. The first kappa shape index (κ1) is 15.9. The Morgan fingerprint density at radius 1 is 1.52 bits per heavy atom. The molecule has 0 fully saturated rings. The first-order chi connectivity index (χ1) is 11.1. The number of aromatic nitrogens is 2. The number of nitrogens with zero attached hydrogens (tertiary/aromatic N) is 3. The Hall–Kier alpha value is -1.97. The van der Waals surface area contributed by atoms with Gasteiger partial charge in [-0.25, -0.2) is 0 Å². The van der Waals surface area contributed by atoms with Crippen LogP contribution in [0.4, 0.5) is 0 Å². The second-order valence-corrected chi connectivity index (χ2v) is 7.08. The van der Waals surface area contributed by atoms with Gasteiger partial charge in [0, 0.05) is 23.3 Å². The van der Waals surface area contributed by atoms with E-state index in [1.807, 2.05) is 24.3 Å². The molecule has 2 atom stereocenters. The van der Waals surface area contributed by atoms with Crippen LogP contribution < -0.4 is 10.5 Å². The van der Waals surface area contributed by atoms with Crippen LogP contribution in [0.15, 0.2) is 16.2 Å². The minimum absolute atomic E-state index is 0.221. The molecule has 3 rings (SSSR count). The van der Waals surface area contributed by atoms with E-state index >= 15 is 0 Å². The lowest BCUT2D eigenvalue weighted by Gasteiger charge is -2.32. The number of hydrogen-bond acceptors (Lipinski definition) is 4. The Kier molecular flexibility index (Phi) is 4.33. The van der Waals surface area contributed by atoms with Crippen molar-refractivity contribution < 1.29 is 4.90 Å². The van der Waals surface area contributed by atoms with Gasteiger partial charge in [-0.1, -0.05) is 6.92 Å². The molecule has 0 amide bonds. The minimum atomic E-state index is -0.269. The highest BCUT2D eigenvalue weighted by molar-refractivity contribution is 7.10. The third kappa shape index (κ3) is 2.71. The van der Waals surface area contributed by atoms with Crippen molar-refractivity contribution in [2.45, 2.75) is 46.3 Å². The van der Waals surface area contributed by atoms with Crippen LogP contribution in [0.3, 0.4) is 0 Å². The van der Waals surface area contributed by atoms with Crippen LogP contribution in [-0.4, -0.2) is 16.3 Å². The van der Waals surface area contributed by atoms with Crippen LogP contribution in [0, 0.1) is 25.2 Å². The first-order valence-corrected chi connectivity index (χ1v) is 8.84. The standard InChI is InChI=1S/C17H20N4OS/c1-4-15-13-6-8-23-16(13)5-7-20(15)10-21-17(22)14(9-18)11(2)12(3)19-21/h6,8,15H,4-5,7,10H2,1-3H3/p+1/t15-/m1/s1. The first-order valence-electron chi connectivity index (χ1n) is 7.96. The Balaban J connectivity index is 1.96. The predicted molar refractivity (Wildman–Crippen MR) is 89.6 cm³/mol. The van der Waals surface area contributed by atoms with Crippen molar-refractivity contribution in [3.8, 4) is 6.07 Å². The lowest BCUT2D eigenvalue weighted by atomic mass is 9.98. The monoisotopic (exact) mass is 329 g/mol. The van der Waals surface area contributed by atoms with E-state index in [1.54, 1.807) is 6.92 Å². The number of fused-ring (bicyclic) bond motifs is 1. The van der Waals surface area contributed by atoms with Crippen molar-refractivity contribution in [3.05, 3.63) is 49.1 Å². The van der Waals surface area contributed by atoms with Gasteiger partial charge in [0.2, 0.25) is 0 Å². The zero-order valence-electron chi connectivity index (χ0n) is 13.7. The molecule has 3 heterocycles. The second-order valence-electron chi connectivity index (χ2n) is 6.08. The molecule has 0 aliphatic carbocycles. The third-order valence-corrected chi connectivity index (χ3v) is 5.83. The van der Waals surface area contributed by atoms with Gasteiger partial charge in [0.15, 0.2) is 6.67 Å². The number of aryl methyl sites for hydroxylation is 1. The fraction of sp³-hybridized carbons (Fsp3) is 0.471. The second kappa shape index (κ2) is 6.26. The quantitative estimate of drug-likeness (QED) is 0.924. The fourth-order valence-electron chi connectivity index (χ4n) is 3.43. The summed E-state index contributed by atoms with van der Waals surface area (Å²) in [5, 5.41) is 15.8. The number of nitrogens with one attached hydrogen (secondary N) is 1. The highest BCUT2D eigenvalue weighted by Crippen LogP contribution is 2.26. The van der Waals surface area contributed by atoms with Crippen LogP contribution in [0.2, 0.25) is 0 Å². The van der Waals surface area contributed by atoms with Crippen LogP contribution in [0.5, 0.6) is 0 Å². The highest BCUT2D eigenvalue weighted by Gasteiger charge is 2.31. The van der Waals surface area contributed by atoms with Crippen molar-refractivity contribution in [1.82, 2.24) is 9.78 Å². The summed E-state index contributed by atoms with van der Waals surface area (Å²) < 4.78 is 1.48. The molecular weight excluding hydrogens is 308 g/mol. The average molecular weight is 329 g/mol. The van der Waals surface area contributed by atoms with Crippen LogP contribution in [-0.2, 0) is 13.1 Å². The Bertz CT molecular complexity index is 830. The summed E-state index contributed by atoms with van der Waals surface area (Å²) in [6, 6.07) is 4.65. The molecule has 0 radical (unpaired) electrons. The zero-order chi connectivity index (χ0) is 16.6. The molecular formula is C17H21N4OS+. The van der Waals surface area contributed by atoms with Gasteiger partial charge in [0.1, 0.15) is 17.7 Å². The Morgan fingerprint density at radius 3 is 3.00 bits per heavy atom. The van der Waals surface area contributed by atoms with Gasteiger partial charge in [0.05, 0.1) is 12.2 Å². The zero-order valence-corrected chi connectivity index (χ0v) is 14.5. The molecule has 0 bridgehead atoms. The largest absolute Gasteiger partial charge is 0.310 e. The van der Waals surface area contributed by atoms with Gasteiger partial charge in [-0.3, -0.25) is 4.79 Å². The molecule has 1 aliphatic heterocycles. The normalized spacial score (nSPS) is 20.1. The molecule has 1 unspecified atom stereocenters. The van der Waals surface area contributed by atoms with Gasteiger partial charge in [0.25, 0.3) is 5.56 Å². The topological polar surface area (TPSA) is 63.1 Å². The summed E-state index contributed by atoms with van der Waals surface area (Å²) in [7, 11) is 0. The Labute approximate surface area is 139 Å². The molecule has 0 saturated heterocycles. The van der Waals surface area contributed by atoms with Gasteiger partial charge < -0.3 is 4.90 Å². The molecule has 1 N–H and O–H groups in total. The maximum absolute atomic E-state index is 12.5. The van der Waals surface area contributed by atoms with Crippen molar-refractivity contribution in [3.63, 3.8) is 0 Å². The molecule has 120 valence electrons. The Morgan fingerprint density at radius 2 is 2.30 bits per heavy atom. The average Bonchev–Trinajstić information content (AvgIpc) is 3.01. The summed E-state index contributed by atoms with van der Waals surface area (Å²) in [6.45, 7) is 7.34. The molecule has 2 aromatic heterocycles. The summed E-state index contributed by atoms with van der Waals surface area (Å²) in [4.78, 5) is 15.3. The molecule has 2 aromatic rings. The van der Waals surface area contributed by atoms with E-state index in [9.17, 15) is 10.1 Å². The lowest BCUT2D eigenvalue weighted by molar-refractivity contribution is -0.956. The van der Waals surface area contributed by atoms with Crippen molar-refractivity contribution >= 4 is 11.3 Å². The van der Waals surface area contributed by atoms with Crippen LogP contribution in [0.25, 0.3) is 0 Å². The van der Waals surface area contributed by atoms with E-state index < -0.39 is 0 Å². The van der Waals surface area contributed by atoms with Gasteiger partial charge in [-0.05, 0) is 30.9 Å². The maximum Gasteiger partial charge on any atom is 0.289 e. The summed E-state index contributed by atoms with van der Waals surface area (Å²) >= 11 is 1.83. The summed E-state index contributed by atoms with van der Waals surface area (Å²) in [5.74, 6) is 0. The maximum atomic E-state index is 12.5. The molecule has 5 nitrogen and oxygen atoms in total. The van der Waals surface area contributed by atoms with E-state index in [-0.39, 0.29) is 11.1 Å². The van der Waals surface area contributed by atoms with Gasteiger partial charge in [-0.15, -0.1) is 11.3 Å². The van der Waals surface area contributed by atoms with E-state index in [0.717, 1.165) is 25.1 Å². The number of hydrogen-bond donors (Lipinski definition) is 1. The van der Waals surface area contributed by atoms with Crippen LogP contribution >= 0.6 is 11.3 Å². The summed E-state index contributed by atoms with van der Waals surface area (Å²) in [6.07, 6.45) is 2.08. The smallest absolute Gasteiger partial charge is 0.289 e. The SMILES string of the molecule is CC[C@@H]1c2ccsc2CC[NH+]1Cn1nc(C)c(C)c(C#N)c1=O. The molecule has 6 heteroatoms. The number of rotatable bonds is 3. The molecule has 0 spiro atoms. The van der Waals surface area contributed by atoms with Gasteiger partial charge in [-0.2, -0.15) is 15.0 Å². The van der Waals surface area contributed by atoms with E-state index in [0.29, 0.717) is 18.3 Å². The summed E-state index contributed by atoms with van der Waals surface area (Å²) in [5.41, 5.74) is 2.81. The lowest BCUT2D eigenvalue weighted by Crippen LogP contribution is -3.12. The van der Waals surface area contributed by atoms with E-state index in [1.165, 1.54) is 20.0 Å². The van der Waals surface area contributed by atoms with E-state index in [2.05, 4.69) is 23.5 Å². The molecule has 0 aromatic carbocycles. The van der Waals surface area contributed by atoms with Gasteiger partial charge >= 0.3 is 0 Å². The minimum Gasteiger partial charge on any atom is -0.310 e. The number of thiophene rings is 1.